The van der Waals surface area contributed by atoms with Gasteiger partial charge in [-0.3, -0.25) is 4.79 Å². The van der Waals surface area contributed by atoms with Crippen LogP contribution in [0.5, 0.6) is 0 Å². The van der Waals surface area contributed by atoms with Crippen molar-refractivity contribution in [3.63, 3.8) is 0 Å². The highest BCUT2D eigenvalue weighted by atomic mass is 32.2. The number of aliphatic hydroxyl groups excluding tert-OH is 1. The topological polar surface area (TPSA) is 66.6 Å². The Labute approximate surface area is 133 Å². The summed E-state index contributed by atoms with van der Waals surface area (Å²) < 4.78 is 5.62. The molecule has 0 aliphatic carbocycles. The van der Waals surface area contributed by atoms with E-state index in [1.54, 1.807) is 0 Å². The van der Waals surface area contributed by atoms with Crippen molar-refractivity contribution in [2.75, 3.05) is 18.9 Å². The van der Waals surface area contributed by atoms with Crippen molar-refractivity contribution in [3.05, 3.63) is 24.3 Å². The van der Waals surface area contributed by atoms with Crippen molar-refractivity contribution >= 4 is 28.8 Å². The van der Waals surface area contributed by atoms with Crippen LogP contribution in [0.2, 0.25) is 0 Å². The van der Waals surface area contributed by atoms with Crippen molar-refractivity contribution in [2.24, 2.45) is 0 Å². The molecule has 1 unspecified atom stereocenters. The van der Waals surface area contributed by atoms with E-state index in [1.807, 2.05) is 29.2 Å². The van der Waals surface area contributed by atoms with Gasteiger partial charge in [-0.2, -0.15) is 0 Å². The van der Waals surface area contributed by atoms with Crippen LogP contribution in [0.15, 0.2) is 33.9 Å². The molecular formula is C16H20N2O3S. The zero-order valence-electron chi connectivity index (χ0n) is 12.4. The van der Waals surface area contributed by atoms with Crippen LogP contribution in [0.25, 0.3) is 11.1 Å². The first-order valence-electron chi connectivity index (χ1n) is 7.66. The Morgan fingerprint density at radius 1 is 1.45 bits per heavy atom. The molecule has 6 heteroatoms. The number of thioether (sulfide) groups is 1. The quantitative estimate of drug-likeness (QED) is 0.829. The van der Waals surface area contributed by atoms with Gasteiger partial charge in [0.2, 0.25) is 5.91 Å². The van der Waals surface area contributed by atoms with Gasteiger partial charge in [0.1, 0.15) is 5.52 Å². The fourth-order valence-electron chi connectivity index (χ4n) is 2.91. The number of aliphatic hydroxyl groups is 1. The number of hydrogen-bond donors (Lipinski definition) is 1. The SMILES string of the molecule is O=C(CSc1nc2ccccc2o1)N1CCCC1CCCO. The van der Waals surface area contributed by atoms with Crippen molar-refractivity contribution in [3.8, 4) is 0 Å². The van der Waals surface area contributed by atoms with Crippen LogP contribution in [0.4, 0.5) is 0 Å². The number of carbonyl (C=O) groups is 1. The largest absolute Gasteiger partial charge is 0.431 e. The highest BCUT2D eigenvalue weighted by Gasteiger charge is 2.28. The second-order valence-corrected chi connectivity index (χ2v) is 6.41. The Hall–Kier alpha value is -1.53. The average molecular weight is 320 g/mol. The zero-order valence-corrected chi connectivity index (χ0v) is 13.2. The molecule has 1 N–H and O–H groups in total. The Morgan fingerprint density at radius 2 is 2.32 bits per heavy atom. The van der Waals surface area contributed by atoms with Crippen LogP contribution in [0.3, 0.4) is 0 Å². The van der Waals surface area contributed by atoms with E-state index in [1.165, 1.54) is 11.8 Å². The second kappa shape index (κ2) is 7.15. The average Bonchev–Trinajstić information content (AvgIpc) is 3.16. The van der Waals surface area contributed by atoms with Gasteiger partial charge < -0.3 is 14.4 Å². The van der Waals surface area contributed by atoms with Gasteiger partial charge in [-0.15, -0.1) is 0 Å². The lowest BCUT2D eigenvalue weighted by atomic mass is 10.1. The molecular weight excluding hydrogens is 300 g/mol. The number of rotatable bonds is 6. The Kier molecular flexibility index (Phi) is 5.00. The van der Waals surface area contributed by atoms with Crippen molar-refractivity contribution in [1.29, 1.82) is 0 Å². The Morgan fingerprint density at radius 3 is 3.14 bits per heavy atom. The highest BCUT2D eigenvalue weighted by Crippen LogP contribution is 2.26. The number of nitrogens with zero attached hydrogens (tertiary/aromatic N) is 2. The molecule has 3 rings (SSSR count). The summed E-state index contributed by atoms with van der Waals surface area (Å²) in [5, 5.41) is 9.49. The minimum atomic E-state index is 0.132. The summed E-state index contributed by atoms with van der Waals surface area (Å²) in [6.07, 6.45) is 3.73. The second-order valence-electron chi connectivity index (χ2n) is 5.49. The summed E-state index contributed by atoms with van der Waals surface area (Å²) >= 11 is 1.35. The number of amides is 1. The molecule has 1 aliphatic heterocycles. The third-order valence-electron chi connectivity index (χ3n) is 3.99. The first-order valence-corrected chi connectivity index (χ1v) is 8.65. The number of carbonyl (C=O) groups excluding carboxylic acids is 1. The van der Waals surface area contributed by atoms with Crippen molar-refractivity contribution in [2.45, 2.75) is 36.9 Å². The Bertz CT molecular complexity index is 610. The molecule has 1 atom stereocenters. The molecule has 1 aliphatic rings. The van der Waals surface area contributed by atoms with Crippen LogP contribution in [0, 0.1) is 0 Å². The normalized spacial score (nSPS) is 18.2. The van der Waals surface area contributed by atoms with E-state index in [-0.39, 0.29) is 18.6 Å². The van der Waals surface area contributed by atoms with Gasteiger partial charge in [-0.25, -0.2) is 4.98 Å². The van der Waals surface area contributed by atoms with Crippen LogP contribution >= 0.6 is 11.8 Å². The van der Waals surface area contributed by atoms with Crippen LogP contribution in [0.1, 0.15) is 25.7 Å². The molecule has 2 aromatic rings. The first kappa shape index (κ1) is 15.4. The summed E-state index contributed by atoms with van der Waals surface area (Å²) in [4.78, 5) is 18.7. The van der Waals surface area contributed by atoms with Gasteiger partial charge in [-0.1, -0.05) is 23.9 Å². The first-order chi connectivity index (χ1) is 10.8. The molecule has 0 radical (unpaired) electrons. The summed E-state index contributed by atoms with van der Waals surface area (Å²) in [6, 6.07) is 7.88. The van der Waals surface area contributed by atoms with E-state index in [4.69, 9.17) is 9.52 Å². The van der Waals surface area contributed by atoms with Crippen molar-refractivity contribution in [1.82, 2.24) is 9.88 Å². The molecule has 1 amide bonds. The molecule has 2 heterocycles. The van der Waals surface area contributed by atoms with Gasteiger partial charge in [0, 0.05) is 19.2 Å². The minimum absolute atomic E-state index is 0.132. The van der Waals surface area contributed by atoms with Crippen LogP contribution < -0.4 is 0 Å². The van der Waals surface area contributed by atoms with Crippen molar-refractivity contribution < 1.29 is 14.3 Å². The number of fused-ring (bicyclic) bond motifs is 1. The number of benzene rings is 1. The number of para-hydroxylation sites is 2. The van der Waals surface area contributed by atoms with E-state index in [2.05, 4.69) is 4.98 Å². The van der Waals surface area contributed by atoms with Crippen LogP contribution in [-0.4, -0.2) is 45.8 Å². The maximum absolute atomic E-state index is 12.4. The molecule has 22 heavy (non-hydrogen) atoms. The molecule has 1 saturated heterocycles. The Balaban J connectivity index is 1.57. The number of hydrogen-bond acceptors (Lipinski definition) is 5. The minimum Gasteiger partial charge on any atom is -0.431 e. The standard InChI is InChI=1S/C16H20N2O3S/c19-10-4-6-12-5-3-9-18(12)15(20)11-22-16-17-13-7-1-2-8-14(13)21-16/h1-2,7-8,12,19H,3-6,9-11H2. The third-order valence-corrected chi connectivity index (χ3v) is 4.80. The number of oxazole rings is 1. The van der Waals surface area contributed by atoms with E-state index in [9.17, 15) is 4.79 Å². The summed E-state index contributed by atoms with van der Waals surface area (Å²) in [7, 11) is 0. The fraction of sp³-hybridized carbons (Fsp3) is 0.500. The molecule has 1 aromatic carbocycles. The molecule has 0 saturated carbocycles. The lowest BCUT2D eigenvalue weighted by molar-refractivity contribution is -0.129. The van der Waals surface area contributed by atoms with Gasteiger partial charge in [0.25, 0.3) is 5.22 Å². The number of likely N-dealkylation sites (tertiary alicyclic amines) is 1. The highest BCUT2D eigenvalue weighted by molar-refractivity contribution is 7.99. The maximum atomic E-state index is 12.4. The van der Waals surface area contributed by atoms with E-state index >= 15 is 0 Å². The lowest BCUT2D eigenvalue weighted by Gasteiger charge is -2.24. The zero-order chi connectivity index (χ0) is 15.4. The summed E-state index contributed by atoms with van der Waals surface area (Å²) in [5.41, 5.74) is 1.57. The monoisotopic (exact) mass is 320 g/mol. The van der Waals surface area contributed by atoms with E-state index in [0.717, 1.165) is 43.3 Å². The molecule has 0 bridgehead atoms. The molecule has 5 nitrogen and oxygen atoms in total. The van der Waals surface area contributed by atoms with Gasteiger partial charge in [0.15, 0.2) is 5.58 Å². The van der Waals surface area contributed by atoms with Crippen LogP contribution in [-0.2, 0) is 4.79 Å². The smallest absolute Gasteiger partial charge is 0.257 e. The maximum Gasteiger partial charge on any atom is 0.257 e. The lowest BCUT2D eigenvalue weighted by Crippen LogP contribution is -2.36. The number of aromatic nitrogens is 1. The molecule has 1 fully saturated rings. The molecule has 118 valence electrons. The predicted molar refractivity (Wildman–Crippen MR) is 85.8 cm³/mol. The van der Waals surface area contributed by atoms with E-state index < -0.39 is 0 Å². The fourth-order valence-corrected chi connectivity index (χ4v) is 3.63. The van der Waals surface area contributed by atoms with Gasteiger partial charge in [0.05, 0.1) is 5.75 Å². The van der Waals surface area contributed by atoms with Gasteiger partial charge in [-0.05, 0) is 37.8 Å². The third kappa shape index (κ3) is 3.44. The molecule has 1 aromatic heterocycles. The predicted octanol–water partition coefficient (Wildman–Crippen LogP) is 2.68. The molecule has 0 spiro atoms. The summed E-state index contributed by atoms with van der Waals surface area (Å²) in [6.45, 7) is 1.01. The van der Waals surface area contributed by atoms with E-state index in [0.29, 0.717) is 11.0 Å². The summed E-state index contributed by atoms with van der Waals surface area (Å²) in [5.74, 6) is 0.482. The van der Waals surface area contributed by atoms with Gasteiger partial charge >= 0.3 is 0 Å².